The molecule has 152 valence electrons. The second-order valence-corrected chi connectivity index (χ2v) is 8.25. The van der Waals surface area contributed by atoms with Crippen molar-refractivity contribution in [1.29, 1.82) is 0 Å². The Morgan fingerprint density at radius 3 is 2.29 bits per heavy atom. The van der Waals surface area contributed by atoms with Gasteiger partial charge in [-0.15, -0.1) is 0 Å². The molecule has 0 spiro atoms. The molecule has 1 aliphatic carbocycles. The zero-order chi connectivity index (χ0) is 19.8. The molecule has 2 aromatic carbocycles. The molecule has 0 saturated heterocycles. The van der Waals surface area contributed by atoms with Crippen molar-refractivity contribution in [3.63, 3.8) is 0 Å². The van der Waals surface area contributed by atoms with Crippen molar-refractivity contribution >= 4 is 0 Å². The van der Waals surface area contributed by atoms with Crippen LogP contribution in [0.25, 0.3) is 11.1 Å². The number of aliphatic hydroxyl groups is 1. The zero-order valence-corrected chi connectivity index (χ0v) is 17.6. The van der Waals surface area contributed by atoms with Crippen LogP contribution in [0.3, 0.4) is 0 Å². The molecule has 0 amide bonds. The number of rotatable bonds is 9. The monoisotopic (exact) mass is 380 g/mol. The molecule has 28 heavy (non-hydrogen) atoms. The summed E-state index contributed by atoms with van der Waals surface area (Å²) in [6, 6.07) is 17.7. The van der Waals surface area contributed by atoms with E-state index in [9.17, 15) is 5.11 Å². The van der Waals surface area contributed by atoms with Crippen molar-refractivity contribution in [3.8, 4) is 11.1 Å². The van der Waals surface area contributed by atoms with Crippen LogP contribution in [0, 0.1) is 0 Å². The number of benzene rings is 2. The van der Waals surface area contributed by atoms with Gasteiger partial charge in [-0.1, -0.05) is 75.6 Å². The highest BCUT2D eigenvalue weighted by atomic mass is 16.3. The van der Waals surface area contributed by atoms with Gasteiger partial charge in [-0.2, -0.15) is 0 Å². The predicted molar refractivity (Wildman–Crippen MR) is 118 cm³/mol. The molecular weight excluding hydrogens is 344 g/mol. The van der Waals surface area contributed by atoms with E-state index in [4.69, 9.17) is 0 Å². The van der Waals surface area contributed by atoms with Crippen molar-refractivity contribution in [2.45, 2.75) is 64.6 Å². The lowest BCUT2D eigenvalue weighted by Gasteiger charge is -2.32. The summed E-state index contributed by atoms with van der Waals surface area (Å²) in [4.78, 5) is 2.43. The summed E-state index contributed by atoms with van der Waals surface area (Å²) in [5, 5.41) is 14.1. The first-order chi connectivity index (χ1) is 13.6. The number of hydrogen-bond donors (Lipinski definition) is 2. The van der Waals surface area contributed by atoms with Gasteiger partial charge in [0.1, 0.15) is 0 Å². The molecular formula is C25H36N2O. The fourth-order valence-corrected chi connectivity index (χ4v) is 4.20. The second-order valence-electron chi connectivity index (χ2n) is 8.25. The Morgan fingerprint density at radius 2 is 1.61 bits per heavy atom. The molecule has 0 bridgehead atoms. The first-order valence-corrected chi connectivity index (χ1v) is 11.0. The maximum Gasteiger partial charge on any atom is 0.0771 e. The van der Waals surface area contributed by atoms with Gasteiger partial charge in [0.05, 0.1) is 5.60 Å². The maximum absolute atomic E-state index is 10.6. The molecule has 3 nitrogen and oxygen atoms in total. The van der Waals surface area contributed by atoms with Gasteiger partial charge in [0.25, 0.3) is 0 Å². The first-order valence-electron chi connectivity index (χ1n) is 11.0. The summed E-state index contributed by atoms with van der Waals surface area (Å²) in [6.07, 6.45) is 5.42. The van der Waals surface area contributed by atoms with Gasteiger partial charge >= 0.3 is 0 Å². The average molecular weight is 381 g/mol. The minimum atomic E-state index is -0.503. The molecule has 0 unspecified atom stereocenters. The van der Waals surface area contributed by atoms with Crippen LogP contribution in [0.4, 0.5) is 0 Å². The Labute approximate surface area is 170 Å². The third-order valence-corrected chi connectivity index (χ3v) is 6.08. The molecule has 0 atom stereocenters. The Kier molecular flexibility index (Phi) is 7.66. The van der Waals surface area contributed by atoms with E-state index < -0.39 is 5.60 Å². The highest BCUT2D eigenvalue weighted by Gasteiger charge is 2.28. The Hall–Kier alpha value is -1.68. The Morgan fingerprint density at radius 1 is 0.893 bits per heavy atom. The summed E-state index contributed by atoms with van der Waals surface area (Å²) in [7, 11) is 0. The molecule has 0 heterocycles. The minimum Gasteiger partial charge on any atom is -0.389 e. The van der Waals surface area contributed by atoms with E-state index in [1.165, 1.54) is 28.7 Å². The summed E-state index contributed by atoms with van der Waals surface area (Å²) in [5.74, 6) is 0. The molecule has 0 aromatic heterocycles. The van der Waals surface area contributed by atoms with E-state index in [-0.39, 0.29) is 0 Å². The van der Waals surface area contributed by atoms with E-state index in [2.05, 4.69) is 72.6 Å². The van der Waals surface area contributed by atoms with Crippen LogP contribution in [0.5, 0.6) is 0 Å². The van der Waals surface area contributed by atoms with Gasteiger partial charge in [0.15, 0.2) is 0 Å². The lowest BCUT2D eigenvalue weighted by atomic mass is 9.85. The molecule has 2 aromatic rings. The summed E-state index contributed by atoms with van der Waals surface area (Å²) < 4.78 is 0. The van der Waals surface area contributed by atoms with Gasteiger partial charge in [-0.3, -0.25) is 4.90 Å². The van der Waals surface area contributed by atoms with Crippen LogP contribution in [-0.4, -0.2) is 35.2 Å². The molecule has 1 fully saturated rings. The highest BCUT2D eigenvalue weighted by molar-refractivity contribution is 5.64. The standard InChI is InChI=1S/C25H36N2O/c1-3-27(4-2)19-21-11-13-23(14-12-21)24-10-8-9-22(17-24)18-26-20-25(28)15-6-5-7-16-25/h8-14,17,26,28H,3-7,15-16,18-20H2,1-2H3. The van der Waals surface area contributed by atoms with Crippen molar-refractivity contribution in [1.82, 2.24) is 10.2 Å². The van der Waals surface area contributed by atoms with E-state index in [1.54, 1.807) is 0 Å². The smallest absolute Gasteiger partial charge is 0.0771 e. The molecule has 3 rings (SSSR count). The van der Waals surface area contributed by atoms with E-state index in [1.807, 2.05) is 0 Å². The van der Waals surface area contributed by atoms with Gasteiger partial charge in [-0.25, -0.2) is 0 Å². The quantitative estimate of drug-likeness (QED) is 0.644. The number of hydrogen-bond acceptors (Lipinski definition) is 3. The van der Waals surface area contributed by atoms with E-state index in [0.717, 1.165) is 51.9 Å². The van der Waals surface area contributed by atoms with Crippen LogP contribution in [0.15, 0.2) is 48.5 Å². The average Bonchev–Trinajstić information content (AvgIpc) is 2.73. The van der Waals surface area contributed by atoms with Crippen molar-refractivity contribution in [2.24, 2.45) is 0 Å². The van der Waals surface area contributed by atoms with Gasteiger partial charge in [0, 0.05) is 19.6 Å². The lowest BCUT2D eigenvalue weighted by Crippen LogP contribution is -2.41. The number of nitrogens with one attached hydrogen (secondary N) is 1. The zero-order valence-electron chi connectivity index (χ0n) is 17.6. The van der Waals surface area contributed by atoms with Crippen molar-refractivity contribution in [3.05, 3.63) is 59.7 Å². The van der Waals surface area contributed by atoms with Crippen molar-refractivity contribution < 1.29 is 5.11 Å². The van der Waals surface area contributed by atoms with E-state index >= 15 is 0 Å². The highest BCUT2D eigenvalue weighted by Crippen LogP contribution is 2.27. The maximum atomic E-state index is 10.6. The first kappa shape index (κ1) is 21.0. The minimum absolute atomic E-state index is 0.503. The van der Waals surface area contributed by atoms with E-state index in [0.29, 0.717) is 6.54 Å². The molecule has 1 saturated carbocycles. The van der Waals surface area contributed by atoms with Crippen LogP contribution in [0.1, 0.15) is 57.1 Å². The molecule has 0 radical (unpaired) electrons. The Bertz CT molecular complexity index is 716. The molecule has 1 aliphatic rings. The number of nitrogens with zero attached hydrogens (tertiary/aromatic N) is 1. The topological polar surface area (TPSA) is 35.5 Å². The predicted octanol–water partition coefficient (Wildman–Crippen LogP) is 4.98. The van der Waals surface area contributed by atoms with Crippen LogP contribution < -0.4 is 5.32 Å². The third kappa shape index (κ3) is 5.91. The summed E-state index contributed by atoms with van der Waals surface area (Å²) >= 11 is 0. The van der Waals surface area contributed by atoms with Crippen LogP contribution >= 0.6 is 0 Å². The molecule has 0 aliphatic heterocycles. The Balaban J connectivity index is 1.58. The molecule has 2 N–H and O–H groups in total. The fourth-order valence-electron chi connectivity index (χ4n) is 4.20. The van der Waals surface area contributed by atoms with Gasteiger partial charge < -0.3 is 10.4 Å². The lowest BCUT2D eigenvalue weighted by molar-refractivity contribution is 0.00468. The largest absolute Gasteiger partial charge is 0.389 e. The summed E-state index contributed by atoms with van der Waals surface area (Å²) in [5.41, 5.74) is 4.65. The summed E-state index contributed by atoms with van der Waals surface area (Å²) in [6.45, 7) is 9.10. The molecule has 3 heteroatoms. The van der Waals surface area contributed by atoms with Gasteiger partial charge in [-0.05, 0) is 54.3 Å². The second kappa shape index (κ2) is 10.2. The normalized spacial score (nSPS) is 16.4. The van der Waals surface area contributed by atoms with Crippen LogP contribution in [-0.2, 0) is 13.1 Å². The van der Waals surface area contributed by atoms with Crippen molar-refractivity contribution in [2.75, 3.05) is 19.6 Å². The third-order valence-electron chi connectivity index (χ3n) is 6.08. The van der Waals surface area contributed by atoms with Gasteiger partial charge in [0.2, 0.25) is 0 Å². The SMILES string of the molecule is CCN(CC)Cc1ccc(-c2cccc(CNCC3(O)CCCCC3)c2)cc1. The van der Waals surface area contributed by atoms with Crippen LogP contribution in [0.2, 0.25) is 0 Å². The fraction of sp³-hybridized carbons (Fsp3) is 0.520.